The van der Waals surface area contributed by atoms with Gasteiger partial charge in [0.25, 0.3) is 0 Å². The lowest BCUT2D eigenvalue weighted by Crippen LogP contribution is -2.44. The van der Waals surface area contributed by atoms with E-state index in [4.69, 9.17) is 0 Å². The third kappa shape index (κ3) is 2.56. The fourth-order valence-electron chi connectivity index (χ4n) is 2.72. The molecule has 3 rings (SSSR count). The Morgan fingerprint density at radius 1 is 1.53 bits per heavy atom. The molecule has 1 unspecified atom stereocenters. The molecule has 2 saturated carbocycles. The van der Waals surface area contributed by atoms with Crippen LogP contribution >= 0.6 is 23.1 Å². The van der Waals surface area contributed by atoms with E-state index in [0.717, 1.165) is 5.92 Å². The molecule has 2 fully saturated rings. The molecular weight excluding hydrogens is 246 g/mol. The summed E-state index contributed by atoms with van der Waals surface area (Å²) in [6, 6.07) is 5.12. The van der Waals surface area contributed by atoms with Crippen LogP contribution in [0.3, 0.4) is 0 Å². The Kier molecular flexibility index (Phi) is 3.51. The molecule has 17 heavy (non-hydrogen) atoms. The molecule has 1 aromatic rings. The average molecular weight is 267 g/mol. The van der Waals surface area contributed by atoms with Crippen LogP contribution in [0.2, 0.25) is 0 Å². The third-order valence-corrected chi connectivity index (χ3v) is 6.66. The Morgan fingerprint density at radius 2 is 2.35 bits per heavy atom. The standard InChI is InChI=1S/C14H21NS2/c1-16-14(7-3-8-14)10-15-13(11-5-6-11)12-4-2-9-17-12/h2,4,9,11,13,15H,3,5-8,10H2,1H3. The first kappa shape index (κ1) is 12.1. The summed E-state index contributed by atoms with van der Waals surface area (Å²) < 4.78 is 0.560. The zero-order chi connectivity index (χ0) is 11.7. The first-order valence-electron chi connectivity index (χ1n) is 6.65. The van der Waals surface area contributed by atoms with Gasteiger partial charge in [-0.1, -0.05) is 12.5 Å². The molecule has 2 aliphatic carbocycles. The van der Waals surface area contributed by atoms with Crippen LogP contribution in [0.4, 0.5) is 0 Å². The summed E-state index contributed by atoms with van der Waals surface area (Å²) in [5.41, 5.74) is 0. The summed E-state index contributed by atoms with van der Waals surface area (Å²) in [5, 5.41) is 6.08. The van der Waals surface area contributed by atoms with E-state index in [2.05, 4.69) is 40.8 Å². The maximum absolute atomic E-state index is 3.87. The van der Waals surface area contributed by atoms with Gasteiger partial charge in [0.1, 0.15) is 0 Å². The Balaban J connectivity index is 1.61. The molecule has 1 heterocycles. The van der Waals surface area contributed by atoms with Gasteiger partial charge in [-0.3, -0.25) is 0 Å². The first-order valence-corrected chi connectivity index (χ1v) is 8.75. The molecule has 1 aromatic heterocycles. The maximum Gasteiger partial charge on any atom is 0.0443 e. The molecular formula is C14H21NS2. The zero-order valence-corrected chi connectivity index (χ0v) is 12.1. The van der Waals surface area contributed by atoms with E-state index in [1.807, 2.05) is 11.3 Å². The second-order valence-electron chi connectivity index (χ2n) is 5.45. The highest BCUT2D eigenvalue weighted by Gasteiger charge is 2.39. The predicted molar refractivity (Wildman–Crippen MR) is 77.9 cm³/mol. The predicted octanol–water partition coefficient (Wildman–Crippen LogP) is 4.07. The molecule has 1 nitrogen and oxygen atoms in total. The van der Waals surface area contributed by atoms with Crippen LogP contribution in [0.1, 0.15) is 43.0 Å². The minimum atomic E-state index is 0.560. The highest BCUT2D eigenvalue weighted by Crippen LogP contribution is 2.45. The van der Waals surface area contributed by atoms with Gasteiger partial charge in [0, 0.05) is 22.2 Å². The van der Waals surface area contributed by atoms with E-state index < -0.39 is 0 Å². The molecule has 94 valence electrons. The lowest BCUT2D eigenvalue weighted by atomic mass is 9.84. The minimum Gasteiger partial charge on any atom is -0.308 e. The van der Waals surface area contributed by atoms with Crippen LogP contribution in [0.25, 0.3) is 0 Å². The molecule has 0 amide bonds. The molecule has 0 bridgehead atoms. The lowest BCUT2D eigenvalue weighted by molar-refractivity contribution is 0.323. The van der Waals surface area contributed by atoms with Crippen LogP contribution in [0.15, 0.2) is 17.5 Å². The fraction of sp³-hybridized carbons (Fsp3) is 0.714. The molecule has 0 spiro atoms. The molecule has 0 saturated heterocycles. The normalized spacial score (nSPS) is 24.3. The van der Waals surface area contributed by atoms with E-state index in [1.165, 1.54) is 38.6 Å². The third-order valence-electron chi connectivity index (χ3n) is 4.29. The minimum absolute atomic E-state index is 0.560. The number of hydrogen-bond donors (Lipinski definition) is 1. The smallest absolute Gasteiger partial charge is 0.0443 e. The highest BCUT2D eigenvalue weighted by molar-refractivity contribution is 8.00. The molecule has 2 aliphatic rings. The van der Waals surface area contributed by atoms with Crippen LogP contribution in [0, 0.1) is 5.92 Å². The van der Waals surface area contributed by atoms with Crippen LogP contribution < -0.4 is 5.32 Å². The summed E-state index contributed by atoms with van der Waals surface area (Å²) >= 11 is 3.99. The average Bonchev–Trinajstić information content (AvgIpc) is 2.98. The van der Waals surface area contributed by atoms with E-state index in [9.17, 15) is 0 Å². The Morgan fingerprint density at radius 3 is 2.82 bits per heavy atom. The lowest BCUT2D eigenvalue weighted by Gasteiger charge is -2.41. The number of nitrogens with one attached hydrogen (secondary N) is 1. The highest BCUT2D eigenvalue weighted by atomic mass is 32.2. The van der Waals surface area contributed by atoms with Gasteiger partial charge in [-0.05, 0) is 49.3 Å². The van der Waals surface area contributed by atoms with Crippen LogP contribution in [-0.2, 0) is 0 Å². The summed E-state index contributed by atoms with van der Waals surface area (Å²) in [6.45, 7) is 1.20. The summed E-state index contributed by atoms with van der Waals surface area (Å²) in [7, 11) is 0. The van der Waals surface area contributed by atoms with Gasteiger partial charge in [0.2, 0.25) is 0 Å². The molecule has 3 heteroatoms. The van der Waals surface area contributed by atoms with Gasteiger partial charge in [-0.2, -0.15) is 11.8 Å². The largest absolute Gasteiger partial charge is 0.308 e. The van der Waals surface area contributed by atoms with E-state index in [0.29, 0.717) is 10.8 Å². The number of rotatable bonds is 6. The van der Waals surface area contributed by atoms with Crippen LogP contribution in [-0.4, -0.2) is 17.5 Å². The van der Waals surface area contributed by atoms with Gasteiger partial charge in [0.15, 0.2) is 0 Å². The van der Waals surface area contributed by atoms with Gasteiger partial charge < -0.3 is 5.32 Å². The second kappa shape index (κ2) is 4.94. The number of hydrogen-bond acceptors (Lipinski definition) is 3. The topological polar surface area (TPSA) is 12.0 Å². The SMILES string of the molecule is CSC1(CNC(c2cccs2)C2CC2)CCC1. The second-order valence-corrected chi connectivity index (χ2v) is 7.71. The van der Waals surface area contributed by atoms with Gasteiger partial charge in [-0.15, -0.1) is 11.3 Å². The van der Waals surface area contributed by atoms with Crippen LogP contribution in [0.5, 0.6) is 0 Å². The van der Waals surface area contributed by atoms with Crippen molar-refractivity contribution in [1.29, 1.82) is 0 Å². The van der Waals surface area contributed by atoms with Crippen molar-refractivity contribution in [3.8, 4) is 0 Å². The Bertz CT molecular complexity index is 347. The zero-order valence-electron chi connectivity index (χ0n) is 10.4. The molecule has 0 aromatic carbocycles. The van der Waals surface area contributed by atoms with E-state index >= 15 is 0 Å². The van der Waals surface area contributed by atoms with Crippen molar-refractivity contribution < 1.29 is 0 Å². The van der Waals surface area contributed by atoms with Crippen molar-refractivity contribution >= 4 is 23.1 Å². The van der Waals surface area contributed by atoms with Gasteiger partial charge in [-0.25, -0.2) is 0 Å². The maximum atomic E-state index is 3.87. The van der Waals surface area contributed by atoms with Crippen molar-refractivity contribution in [1.82, 2.24) is 5.32 Å². The Labute approximate surface area is 112 Å². The number of thioether (sulfide) groups is 1. The van der Waals surface area contributed by atoms with Crippen molar-refractivity contribution in [2.75, 3.05) is 12.8 Å². The van der Waals surface area contributed by atoms with Crippen molar-refractivity contribution in [3.63, 3.8) is 0 Å². The monoisotopic (exact) mass is 267 g/mol. The van der Waals surface area contributed by atoms with E-state index in [1.54, 1.807) is 4.88 Å². The fourth-order valence-corrected chi connectivity index (χ4v) is 4.54. The number of thiophene rings is 1. The van der Waals surface area contributed by atoms with E-state index in [-0.39, 0.29) is 0 Å². The van der Waals surface area contributed by atoms with Gasteiger partial charge >= 0.3 is 0 Å². The van der Waals surface area contributed by atoms with Crippen molar-refractivity contribution in [3.05, 3.63) is 22.4 Å². The molecule has 0 radical (unpaired) electrons. The summed E-state index contributed by atoms with van der Waals surface area (Å²) in [6.07, 6.45) is 9.35. The quantitative estimate of drug-likeness (QED) is 0.833. The van der Waals surface area contributed by atoms with Crippen molar-refractivity contribution in [2.24, 2.45) is 5.92 Å². The molecule has 1 atom stereocenters. The molecule has 1 N–H and O–H groups in total. The Hall–Kier alpha value is 0.01000. The first-order chi connectivity index (χ1) is 8.33. The summed E-state index contributed by atoms with van der Waals surface area (Å²) in [4.78, 5) is 1.54. The molecule has 0 aliphatic heterocycles. The summed E-state index contributed by atoms with van der Waals surface area (Å²) in [5.74, 6) is 0.910. The van der Waals surface area contributed by atoms with Crippen molar-refractivity contribution in [2.45, 2.75) is 42.9 Å². The van der Waals surface area contributed by atoms with Gasteiger partial charge in [0.05, 0.1) is 0 Å².